The predicted octanol–water partition coefficient (Wildman–Crippen LogP) is -0.536. The van der Waals surface area contributed by atoms with E-state index in [-0.39, 0.29) is 6.42 Å². The van der Waals surface area contributed by atoms with E-state index in [9.17, 15) is 10.2 Å². The summed E-state index contributed by atoms with van der Waals surface area (Å²) in [5, 5.41) is 18.5. The highest BCUT2D eigenvalue weighted by Gasteiger charge is 2.32. The van der Waals surface area contributed by atoms with E-state index in [1.54, 1.807) is 0 Å². The van der Waals surface area contributed by atoms with Crippen molar-refractivity contribution in [1.82, 2.24) is 0 Å². The Labute approximate surface area is 77.2 Å². The number of ether oxygens (including phenoxy) is 3. The van der Waals surface area contributed by atoms with Crippen molar-refractivity contribution in [2.45, 2.75) is 37.6 Å². The molecule has 0 bridgehead atoms. The molecule has 1 rings (SSSR count). The van der Waals surface area contributed by atoms with Crippen LogP contribution in [0.2, 0.25) is 0 Å². The molecule has 0 aromatic heterocycles. The highest BCUT2D eigenvalue weighted by molar-refractivity contribution is 4.74. The lowest BCUT2D eigenvalue weighted by Gasteiger charge is -2.33. The molecular formula is C8H16O5. The summed E-state index contributed by atoms with van der Waals surface area (Å²) in [5.41, 5.74) is 0. The first-order valence-corrected chi connectivity index (χ1v) is 4.24. The van der Waals surface area contributed by atoms with Crippen molar-refractivity contribution in [3.8, 4) is 0 Å². The van der Waals surface area contributed by atoms with Gasteiger partial charge in [0.2, 0.25) is 0 Å². The summed E-state index contributed by atoms with van der Waals surface area (Å²) in [6.45, 7) is 0. The third-order valence-corrected chi connectivity index (χ3v) is 2.08. The minimum Gasteiger partial charge on any atom is -0.393 e. The van der Waals surface area contributed by atoms with Gasteiger partial charge < -0.3 is 24.4 Å². The topological polar surface area (TPSA) is 68.2 Å². The molecule has 5 nitrogen and oxygen atoms in total. The van der Waals surface area contributed by atoms with Crippen LogP contribution in [0.1, 0.15) is 12.8 Å². The van der Waals surface area contributed by atoms with Gasteiger partial charge in [0.15, 0.2) is 12.6 Å². The van der Waals surface area contributed by atoms with Gasteiger partial charge in [-0.25, -0.2) is 0 Å². The molecular weight excluding hydrogens is 176 g/mol. The van der Waals surface area contributed by atoms with Crippen LogP contribution in [0.3, 0.4) is 0 Å². The van der Waals surface area contributed by atoms with Crippen LogP contribution in [-0.2, 0) is 14.2 Å². The van der Waals surface area contributed by atoms with Crippen molar-refractivity contribution in [2.24, 2.45) is 0 Å². The fourth-order valence-electron chi connectivity index (χ4n) is 1.49. The van der Waals surface area contributed by atoms with E-state index in [4.69, 9.17) is 14.2 Å². The maximum Gasteiger partial charge on any atom is 0.183 e. The monoisotopic (exact) mass is 192 g/mol. The zero-order valence-electron chi connectivity index (χ0n) is 7.84. The van der Waals surface area contributed by atoms with E-state index in [0.29, 0.717) is 6.42 Å². The Bertz CT molecular complexity index is 137. The van der Waals surface area contributed by atoms with Crippen molar-refractivity contribution in [3.63, 3.8) is 0 Å². The molecule has 3 atom stereocenters. The van der Waals surface area contributed by atoms with Crippen LogP contribution >= 0.6 is 0 Å². The van der Waals surface area contributed by atoms with Crippen molar-refractivity contribution >= 4 is 0 Å². The Hall–Kier alpha value is -0.200. The van der Waals surface area contributed by atoms with E-state index in [0.717, 1.165) is 0 Å². The lowest BCUT2D eigenvalue weighted by molar-refractivity contribution is -0.260. The van der Waals surface area contributed by atoms with Crippen LogP contribution in [0.25, 0.3) is 0 Å². The quantitative estimate of drug-likeness (QED) is 0.588. The van der Waals surface area contributed by atoms with E-state index >= 15 is 0 Å². The molecule has 0 saturated carbocycles. The highest BCUT2D eigenvalue weighted by Crippen LogP contribution is 2.21. The molecule has 5 heteroatoms. The van der Waals surface area contributed by atoms with Gasteiger partial charge in [-0.2, -0.15) is 0 Å². The summed E-state index contributed by atoms with van der Waals surface area (Å²) in [7, 11) is 2.98. The van der Waals surface area contributed by atoms with Crippen molar-refractivity contribution in [3.05, 3.63) is 0 Å². The van der Waals surface area contributed by atoms with Gasteiger partial charge in [-0.15, -0.1) is 0 Å². The molecule has 1 unspecified atom stereocenters. The minimum atomic E-state index is -0.929. The maximum absolute atomic E-state index is 9.34. The van der Waals surface area contributed by atoms with Gasteiger partial charge in [0.05, 0.1) is 6.10 Å². The summed E-state index contributed by atoms with van der Waals surface area (Å²) < 4.78 is 15.1. The Kier molecular flexibility index (Phi) is 4.08. The highest BCUT2D eigenvalue weighted by atomic mass is 16.7. The summed E-state index contributed by atoms with van der Waals surface area (Å²) in [6.07, 6.45) is -1.76. The van der Waals surface area contributed by atoms with Crippen molar-refractivity contribution < 1.29 is 24.4 Å². The van der Waals surface area contributed by atoms with Crippen molar-refractivity contribution in [2.75, 3.05) is 14.2 Å². The molecule has 1 saturated heterocycles. The summed E-state index contributed by atoms with van der Waals surface area (Å²) in [6, 6.07) is 0. The molecule has 1 heterocycles. The van der Waals surface area contributed by atoms with E-state index in [1.807, 2.05) is 0 Å². The fraction of sp³-hybridized carbons (Fsp3) is 1.00. The van der Waals surface area contributed by atoms with Crippen LogP contribution in [0.5, 0.6) is 0 Å². The molecule has 1 aliphatic rings. The second kappa shape index (κ2) is 4.88. The van der Waals surface area contributed by atoms with Crippen molar-refractivity contribution in [1.29, 1.82) is 0 Å². The molecule has 13 heavy (non-hydrogen) atoms. The van der Waals surface area contributed by atoms with Crippen LogP contribution in [0.15, 0.2) is 0 Å². The molecule has 0 aliphatic carbocycles. The number of hydrogen-bond acceptors (Lipinski definition) is 5. The van der Waals surface area contributed by atoms with Gasteiger partial charge in [-0.1, -0.05) is 0 Å². The second-order valence-corrected chi connectivity index (χ2v) is 3.09. The SMILES string of the molecule is COC(OC)[C@@H]1C[C@@H](O)CC(O)O1. The molecule has 0 aromatic rings. The normalized spacial score (nSPS) is 35.3. The standard InChI is InChI=1S/C8H16O5/c1-11-8(12-2)6-3-5(9)4-7(10)13-6/h5-10H,3-4H2,1-2H3/t5-,6+,7?/m1/s1. The average molecular weight is 192 g/mol. The molecule has 2 N–H and O–H groups in total. The number of aliphatic hydroxyl groups is 2. The first kappa shape index (κ1) is 10.9. The third-order valence-electron chi connectivity index (χ3n) is 2.08. The van der Waals surface area contributed by atoms with Crippen LogP contribution in [0, 0.1) is 0 Å². The Morgan fingerprint density at radius 2 is 1.85 bits per heavy atom. The third kappa shape index (κ3) is 2.89. The molecule has 0 aromatic carbocycles. The number of methoxy groups -OCH3 is 2. The Balaban J connectivity index is 2.48. The zero-order chi connectivity index (χ0) is 9.84. The molecule has 1 aliphatic heterocycles. The van der Waals surface area contributed by atoms with E-state index in [2.05, 4.69) is 0 Å². The van der Waals surface area contributed by atoms with Crippen LogP contribution < -0.4 is 0 Å². The average Bonchev–Trinajstić information content (AvgIpc) is 2.04. The van der Waals surface area contributed by atoms with E-state index in [1.165, 1.54) is 14.2 Å². The van der Waals surface area contributed by atoms with E-state index < -0.39 is 24.8 Å². The first-order chi connectivity index (χ1) is 6.17. The zero-order valence-corrected chi connectivity index (χ0v) is 7.84. The predicted molar refractivity (Wildman–Crippen MR) is 43.9 cm³/mol. The Morgan fingerprint density at radius 3 is 2.31 bits per heavy atom. The molecule has 0 spiro atoms. The molecule has 1 fully saturated rings. The number of hydrogen-bond donors (Lipinski definition) is 2. The largest absolute Gasteiger partial charge is 0.393 e. The minimum absolute atomic E-state index is 0.247. The lowest BCUT2D eigenvalue weighted by atomic mass is 10.0. The smallest absolute Gasteiger partial charge is 0.183 e. The van der Waals surface area contributed by atoms with Crippen LogP contribution in [0.4, 0.5) is 0 Å². The lowest BCUT2D eigenvalue weighted by Crippen LogP contribution is -2.43. The molecule has 78 valence electrons. The molecule has 0 radical (unpaired) electrons. The van der Waals surface area contributed by atoms with Gasteiger partial charge in [0.1, 0.15) is 6.10 Å². The number of aliphatic hydroxyl groups excluding tert-OH is 2. The maximum atomic E-state index is 9.34. The summed E-state index contributed by atoms with van der Waals surface area (Å²) >= 11 is 0. The summed E-state index contributed by atoms with van der Waals surface area (Å²) in [4.78, 5) is 0. The van der Waals surface area contributed by atoms with Crippen LogP contribution in [-0.4, -0.2) is 49.2 Å². The van der Waals surface area contributed by atoms with Gasteiger partial charge in [0, 0.05) is 27.1 Å². The second-order valence-electron chi connectivity index (χ2n) is 3.09. The van der Waals surface area contributed by atoms with Gasteiger partial charge >= 0.3 is 0 Å². The van der Waals surface area contributed by atoms with Gasteiger partial charge in [-0.05, 0) is 0 Å². The van der Waals surface area contributed by atoms with Gasteiger partial charge in [0.25, 0.3) is 0 Å². The first-order valence-electron chi connectivity index (χ1n) is 4.24. The summed E-state index contributed by atoms with van der Waals surface area (Å²) in [5.74, 6) is 0. The molecule has 0 amide bonds. The fourth-order valence-corrected chi connectivity index (χ4v) is 1.49. The number of rotatable bonds is 3. The van der Waals surface area contributed by atoms with Gasteiger partial charge in [-0.3, -0.25) is 0 Å². The Morgan fingerprint density at radius 1 is 1.23 bits per heavy atom.